The van der Waals surface area contributed by atoms with Gasteiger partial charge in [-0.05, 0) is 31.7 Å². The molecule has 112 valence electrons. The fourth-order valence-electron chi connectivity index (χ4n) is 2.53. The minimum atomic E-state index is -3.52. The quantitative estimate of drug-likeness (QED) is 0.778. The molecule has 3 rings (SSSR count). The summed E-state index contributed by atoms with van der Waals surface area (Å²) in [6, 6.07) is 0. The van der Waals surface area contributed by atoms with Crippen LogP contribution in [0.2, 0.25) is 0 Å². The van der Waals surface area contributed by atoms with Gasteiger partial charge in [0.15, 0.2) is 11.2 Å². The van der Waals surface area contributed by atoms with E-state index in [-0.39, 0.29) is 28.8 Å². The van der Waals surface area contributed by atoms with Gasteiger partial charge in [-0.3, -0.25) is 4.90 Å². The third-order valence-corrected chi connectivity index (χ3v) is 5.35. The SMILES string of the molecule is CC(F)C(F)(F)Sc1nsnc1OC1CN2CCC1C2. The van der Waals surface area contributed by atoms with Crippen LogP contribution < -0.4 is 4.74 Å². The molecule has 3 heterocycles. The van der Waals surface area contributed by atoms with Crippen molar-refractivity contribution in [2.45, 2.75) is 35.9 Å². The number of rotatable bonds is 5. The first-order chi connectivity index (χ1) is 9.45. The van der Waals surface area contributed by atoms with Crippen LogP contribution in [0.3, 0.4) is 0 Å². The van der Waals surface area contributed by atoms with Crippen molar-refractivity contribution in [2.24, 2.45) is 5.92 Å². The Hall–Kier alpha value is -0.540. The molecule has 4 unspecified atom stereocenters. The molecule has 9 heteroatoms. The Balaban J connectivity index is 1.68. The van der Waals surface area contributed by atoms with Gasteiger partial charge in [-0.15, -0.1) is 4.37 Å². The summed E-state index contributed by atoms with van der Waals surface area (Å²) < 4.78 is 53.1. The lowest BCUT2D eigenvalue weighted by atomic mass is 10.0. The smallest absolute Gasteiger partial charge is 0.330 e. The highest BCUT2D eigenvalue weighted by Gasteiger charge is 2.43. The largest absolute Gasteiger partial charge is 0.470 e. The van der Waals surface area contributed by atoms with Crippen LogP contribution >= 0.6 is 23.5 Å². The van der Waals surface area contributed by atoms with Crippen LogP contribution in [0.15, 0.2) is 5.03 Å². The summed E-state index contributed by atoms with van der Waals surface area (Å²) >= 11 is 0.887. The zero-order valence-corrected chi connectivity index (χ0v) is 12.4. The van der Waals surface area contributed by atoms with Crippen LogP contribution in [0.5, 0.6) is 5.88 Å². The summed E-state index contributed by atoms with van der Waals surface area (Å²) in [5, 5.41) is -3.55. The van der Waals surface area contributed by atoms with Crippen molar-refractivity contribution in [3.8, 4) is 5.88 Å². The predicted molar refractivity (Wildman–Crippen MR) is 70.2 cm³/mol. The van der Waals surface area contributed by atoms with Crippen LogP contribution in [0.4, 0.5) is 13.2 Å². The molecule has 0 amide bonds. The molecule has 1 aromatic rings. The number of nitrogens with zero attached hydrogens (tertiary/aromatic N) is 3. The van der Waals surface area contributed by atoms with E-state index >= 15 is 0 Å². The molecular weight excluding hydrogens is 311 g/mol. The molecule has 2 saturated heterocycles. The molecule has 0 saturated carbocycles. The minimum absolute atomic E-state index is 0.0246. The molecular formula is C11H14F3N3OS2. The molecule has 0 aliphatic carbocycles. The van der Waals surface area contributed by atoms with E-state index in [9.17, 15) is 13.2 Å². The van der Waals surface area contributed by atoms with Gasteiger partial charge in [0.25, 0.3) is 5.88 Å². The maximum Gasteiger partial charge on any atom is 0.330 e. The first-order valence-corrected chi connectivity index (χ1v) is 7.93. The molecule has 4 atom stereocenters. The molecule has 0 N–H and O–H groups in total. The van der Waals surface area contributed by atoms with E-state index in [0.29, 0.717) is 5.92 Å². The third-order valence-electron chi connectivity index (χ3n) is 3.66. The normalized spacial score (nSPS) is 30.7. The molecule has 2 aliphatic rings. The summed E-state index contributed by atoms with van der Waals surface area (Å²) in [5.41, 5.74) is 0. The molecule has 2 fully saturated rings. The predicted octanol–water partition coefficient (Wildman–Crippen LogP) is 2.66. The van der Waals surface area contributed by atoms with Gasteiger partial charge < -0.3 is 4.74 Å². The van der Waals surface area contributed by atoms with Gasteiger partial charge >= 0.3 is 5.25 Å². The van der Waals surface area contributed by atoms with Gasteiger partial charge in [-0.25, -0.2) is 4.39 Å². The minimum Gasteiger partial charge on any atom is -0.470 e. The number of halogens is 3. The average molecular weight is 325 g/mol. The summed E-state index contributed by atoms with van der Waals surface area (Å²) in [6.07, 6.45) is -1.22. The zero-order valence-electron chi connectivity index (χ0n) is 10.8. The van der Waals surface area contributed by atoms with Crippen LogP contribution in [0.1, 0.15) is 13.3 Å². The van der Waals surface area contributed by atoms with Crippen molar-refractivity contribution in [1.82, 2.24) is 13.6 Å². The maximum atomic E-state index is 13.4. The Kier molecular flexibility index (Phi) is 3.85. The second-order valence-corrected chi connectivity index (χ2v) is 6.78. The van der Waals surface area contributed by atoms with Gasteiger partial charge in [0.2, 0.25) is 0 Å². The Bertz CT molecular complexity index is 485. The van der Waals surface area contributed by atoms with E-state index < -0.39 is 11.4 Å². The molecule has 0 aromatic carbocycles. The van der Waals surface area contributed by atoms with Crippen LogP contribution in [-0.4, -0.2) is 50.8 Å². The monoisotopic (exact) mass is 325 g/mol. The summed E-state index contributed by atoms with van der Waals surface area (Å²) in [5.74, 6) is 0.536. The number of alkyl halides is 3. The number of thioether (sulfide) groups is 1. The third kappa shape index (κ3) is 2.75. The second-order valence-electron chi connectivity index (χ2n) is 5.12. The van der Waals surface area contributed by atoms with Crippen LogP contribution in [-0.2, 0) is 0 Å². The van der Waals surface area contributed by atoms with Gasteiger partial charge in [0, 0.05) is 19.0 Å². The highest BCUT2D eigenvalue weighted by atomic mass is 32.2. The van der Waals surface area contributed by atoms with Gasteiger partial charge in [0.1, 0.15) is 6.10 Å². The first-order valence-electron chi connectivity index (χ1n) is 6.38. The number of hydrogen-bond acceptors (Lipinski definition) is 6. The van der Waals surface area contributed by atoms with E-state index in [1.54, 1.807) is 0 Å². The molecule has 1 aromatic heterocycles. The van der Waals surface area contributed by atoms with Gasteiger partial charge in [0.05, 0.1) is 11.7 Å². The van der Waals surface area contributed by atoms with Crippen molar-refractivity contribution in [1.29, 1.82) is 0 Å². The van der Waals surface area contributed by atoms with E-state index in [0.717, 1.165) is 44.7 Å². The second kappa shape index (κ2) is 5.34. The molecule has 2 bridgehead atoms. The van der Waals surface area contributed by atoms with Crippen molar-refractivity contribution in [2.75, 3.05) is 19.6 Å². The highest BCUT2D eigenvalue weighted by molar-refractivity contribution is 8.00. The fraction of sp³-hybridized carbons (Fsp3) is 0.818. The number of hydrogen-bond donors (Lipinski definition) is 0. The number of ether oxygens (including phenoxy) is 1. The van der Waals surface area contributed by atoms with E-state index in [4.69, 9.17) is 4.74 Å². The van der Waals surface area contributed by atoms with E-state index in [1.165, 1.54) is 0 Å². The number of fused-ring (bicyclic) bond motifs is 2. The maximum absolute atomic E-state index is 13.4. The highest BCUT2D eigenvalue weighted by Crippen LogP contribution is 2.43. The topological polar surface area (TPSA) is 38.3 Å². The summed E-state index contributed by atoms with van der Waals surface area (Å²) in [7, 11) is 0. The van der Waals surface area contributed by atoms with Crippen molar-refractivity contribution < 1.29 is 17.9 Å². The van der Waals surface area contributed by atoms with E-state index in [1.807, 2.05) is 0 Å². The zero-order chi connectivity index (χ0) is 14.3. The van der Waals surface area contributed by atoms with Crippen molar-refractivity contribution in [3.05, 3.63) is 0 Å². The van der Waals surface area contributed by atoms with Gasteiger partial charge in [-0.1, -0.05) is 0 Å². The molecule has 4 nitrogen and oxygen atoms in total. The number of aromatic nitrogens is 2. The Morgan fingerprint density at radius 3 is 2.85 bits per heavy atom. The van der Waals surface area contributed by atoms with Crippen LogP contribution in [0, 0.1) is 5.92 Å². The van der Waals surface area contributed by atoms with Crippen molar-refractivity contribution in [3.63, 3.8) is 0 Å². The average Bonchev–Trinajstić information content (AvgIpc) is 3.06. The van der Waals surface area contributed by atoms with E-state index in [2.05, 4.69) is 13.6 Å². The molecule has 0 spiro atoms. The Labute approximate surface area is 123 Å². The van der Waals surface area contributed by atoms with Crippen LogP contribution in [0.25, 0.3) is 0 Å². The fourth-order valence-corrected chi connectivity index (χ4v) is 3.83. The summed E-state index contributed by atoms with van der Waals surface area (Å²) in [6.45, 7) is 3.68. The molecule has 2 aliphatic heterocycles. The lowest BCUT2D eigenvalue weighted by Gasteiger charge is -2.22. The Morgan fingerprint density at radius 2 is 2.25 bits per heavy atom. The lowest BCUT2D eigenvalue weighted by Crippen LogP contribution is -2.32. The van der Waals surface area contributed by atoms with Crippen molar-refractivity contribution >= 4 is 23.5 Å². The standard InChI is InChI=1S/C11H14F3N3OS2/c1-6(12)11(13,14)19-10-9(15-20-16-10)18-8-5-17-3-2-7(8)4-17/h6-8H,2-5H2,1H3. The molecule has 20 heavy (non-hydrogen) atoms. The first kappa shape index (κ1) is 14.4. The number of piperidine rings is 1. The van der Waals surface area contributed by atoms with Gasteiger partial charge in [-0.2, -0.15) is 13.2 Å². The summed E-state index contributed by atoms with van der Waals surface area (Å²) in [4.78, 5) is 2.28. The Morgan fingerprint density at radius 1 is 1.45 bits per heavy atom. The molecule has 0 radical (unpaired) electrons. The lowest BCUT2D eigenvalue weighted by molar-refractivity contribution is 0.0239.